The summed E-state index contributed by atoms with van der Waals surface area (Å²) >= 11 is 1.20. The van der Waals surface area contributed by atoms with E-state index in [1.54, 1.807) is 6.26 Å². The summed E-state index contributed by atoms with van der Waals surface area (Å²) in [4.78, 5) is 13.6. The summed E-state index contributed by atoms with van der Waals surface area (Å²) in [6.07, 6.45) is 1.90. The van der Waals surface area contributed by atoms with Gasteiger partial charge >= 0.3 is 0 Å². The molecular formula is C13H27N3O2S. The number of hydrogen-bond acceptors (Lipinski definition) is 5. The molecule has 1 fully saturated rings. The fourth-order valence-corrected chi connectivity index (χ4v) is 2.23. The monoisotopic (exact) mass is 289 g/mol. The third kappa shape index (κ3) is 7.77. The molecule has 5 nitrogen and oxygen atoms in total. The van der Waals surface area contributed by atoms with Gasteiger partial charge in [-0.15, -0.1) is 0 Å². The standard InChI is InChI=1S/C13H27N3O2S/c1-11(2)8-14-4-5-16-6-7-18-12(10-16)9-15-13(17)19-3/h11-12,14H,4-10H2,1-3H3,(H,15,17)/t12-/m0/s1. The molecule has 0 aromatic rings. The van der Waals surface area contributed by atoms with Gasteiger partial charge < -0.3 is 15.4 Å². The number of thioether (sulfide) groups is 1. The van der Waals surface area contributed by atoms with Crippen LogP contribution in [0, 0.1) is 5.92 Å². The summed E-state index contributed by atoms with van der Waals surface area (Å²) in [5.41, 5.74) is 0. The van der Waals surface area contributed by atoms with Crippen LogP contribution in [0.25, 0.3) is 0 Å². The molecule has 19 heavy (non-hydrogen) atoms. The second-order valence-electron chi connectivity index (χ2n) is 5.26. The van der Waals surface area contributed by atoms with Crippen molar-refractivity contribution in [3.63, 3.8) is 0 Å². The molecule has 1 aliphatic heterocycles. The Hall–Kier alpha value is -0.300. The SMILES string of the molecule is CSC(=O)NC[C@H]1CN(CCNCC(C)C)CCO1. The molecule has 0 aliphatic carbocycles. The average Bonchev–Trinajstić information content (AvgIpc) is 2.41. The minimum atomic E-state index is 0.0133. The van der Waals surface area contributed by atoms with Crippen LogP contribution in [-0.4, -0.2) is 68.4 Å². The highest BCUT2D eigenvalue weighted by Gasteiger charge is 2.20. The van der Waals surface area contributed by atoms with Gasteiger partial charge in [-0.3, -0.25) is 9.69 Å². The zero-order chi connectivity index (χ0) is 14.1. The van der Waals surface area contributed by atoms with E-state index in [0.717, 1.165) is 39.3 Å². The number of nitrogens with one attached hydrogen (secondary N) is 2. The van der Waals surface area contributed by atoms with E-state index in [1.165, 1.54) is 11.8 Å². The van der Waals surface area contributed by atoms with E-state index in [1.807, 2.05) is 0 Å². The lowest BCUT2D eigenvalue weighted by atomic mass is 10.2. The minimum absolute atomic E-state index is 0.0133. The Morgan fingerprint density at radius 2 is 2.32 bits per heavy atom. The first-order valence-electron chi connectivity index (χ1n) is 6.98. The molecule has 1 heterocycles. The minimum Gasteiger partial charge on any atom is -0.374 e. The summed E-state index contributed by atoms with van der Waals surface area (Å²) < 4.78 is 5.66. The maximum Gasteiger partial charge on any atom is 0.278 e. The molecule has 6 heteroatoms. The van der Waals surface area contributed by atoms with Crippen LogP contribution in [-0.2, 0) is 4.74 Å². The average molecular weight is 289 g/mol. The lowest BCUT2D eigenvalue weighted by molar-refractivity contribution is -0.0250. The zero-order valence-electron chi connectivity index (χ0n) is 12.3. The Balaban J connectivity index is 2.13. The summed E-state index contributed by atoms with van der Waals surface area (Å²) in [6, 6.07) is 0. The molecule has 1 atom stereocenters. The molecular weight excluding hydrogens is 262 g/mol. The largest absolute Gasteiger partial charge is 0.374 e. The number of hydrogen-bond donors (Lipinski definition) is 2. The molecule has 0 aromatic heterocycles. The van der Waals surface area contributed by atoms with Gasteiger partial charge in [0.25, 0.3) is 5.24 Å². The lowest BCUT2D eigenvalue weighted by Gasteiger charge is -2.33. The fraction of sp³-hybridized carbons (Fsp3) is 0.923. The maximum atomic E-state index is 11.2. The molecule has 0 saturated carbocycles. The number of morpholine rings is 1. The number of rotatable bonds is 7. The Labute approximate surface area is 120 Å². The molecule has 0 spiro atoms. The molecule has 1 aliphatic rings. The van der Waals surface area contributed by atoms with Gasteiger partial charge in [-0.1, -0.05) is 25.6 Å². The van der Waals surface area contributed by atoms with Crippen molar-refractivity contribution in [2.24, 2.45) is 5.92 Å². The number of amides is 1. The van der Waals surface area contributed by atoms with Crippen LogP contribution in [0.4, 0.5) is 4.79 Å². The molecule has 112 valence electrons. The van der Waals surface area contributed by atoms with Crippen LogP contribution in [0.15, 0.2) is 0 Å². The fourth-order valence-electron chi connectivity index (χ4n) is 2.00. The maximum absolute atomic E-state index is 11.2. The van der Waals surface area contributed by atoms with Crippen LogP contribution in [0.3, 0.4) is 0 Å². The van der Waals surface area contributed by atoms with Gasteiger partial charge in [0.15, 0.2) is 0 Å². The number of carbonyl (C=O) groups excluding carboxylic acids is 1. The molecule has 1 amide bonds. The van der Waals surface area contributed by atoms with Crippen molar-refractivity contribution in [2.75, 3.05) is 52.1 Å². The lowest BCUT2D eigenvalue weighted by Crippen LogP contribution is -2.48. The van der Waals surface area contributed by atoms with E-state index in [-0.39, 0.29) is 11.3 Å². The van der Waals surface area contributed by atoms with Crippen LogP contribution in [0.5, 0.6) is 0 Å². The number of ether oxygens (including phenoxy) is 1. The summed E-state index contributed by atoms with van der Waals surface area (Å²) in [7, 11) is 0. The van der Waals surface area contributed by atoms with E-state index >= 15 is 0 Å². The van der Waals surface area contributed by atoms with Crippen LogP contribution in [0.1, 0.15) is 13.8 Å². The zero-order valence-corrected chi connectivity index (χ0v) is 13.1. The molecule has 1 saturated heterocycles. The van der Waals surface area contributed by atoms with Crippen molar-refractivity contribution in [1.29, 1.82) is 0 Å². The van der Waals surface area contributed by atoms with Gasteiger partial charge in [0.1, 0.15) is 0 Å². The summed E-state index contributed by atoms with van der Waals surface area (Å²) in [5, 5.41) is 6.33. The first-order chi connectivity index (χ1) is 9.11. The number of nitrogens with zero attached hydrogens (tertiary/aromatic N) is 1. The van der Waals surface area contributed by atoms with E-state index < -0.39 is 0 Å². The molecule has 0 radical (unpaired) electrons. The van der Waals surface area contributed by atoms with Crippen molar-refractivity contribution < 1.29 is 9.53 Å². The number of carbonyl (C=O) groups is 1. The molecule has 1 rings (SSSR count). The Morgan fingerprint density at radius 3 is 3.00 bits per heavy atom. The van der Waals surface area contributed by atoms with Crippen molar-refractivity contribution in [1.82, 2.24) is 15.5 Å². The van der Waals surface area contributed by atoms with Crippen molar-refractivity contribution in [3.05, 3.63) is 0 Å². The third-order valence-electron chi connectivity index (χ3n) is 3.04. The van der Waals surface area contributed by atoms with E-state index in [2.05, 4.69) is 29.4 Å². The first-order valence-corrected chi connectivity index (χ1v) is 8.20. The second kappa shape index (κ2) is 9.58. The van der Waals surface area contributed by atoms with Crippen molar-refractivity contribution >= 4 is 17.0 Å². The third-order valence-corrected chi connectivity index (χ3v) is 3.55. The summed E-state index contributed by atoms with van der Waals surface area (Å²) in [6.45, 7) is 10.8. The van der Waals surface area contributed by atoms with Crippen LogP contribution in [0.2, 0.25) is 0 Å². The molecule has 0 bridgehead atoms. The van der Waals surface area contributed by atoms with Gasteiger partial charge in [-0.25, -0.2) is 0 Å². The predicted octanol–water partition coefficient (Wildman–Crippen LogP) is 1.01. The highest BCUT2D eigenvalue weighted by Crippen LogP contribution is 2.04. The smallest absolute Gasteiger partial charge is 0.278 e. The first kappa shape index (κ1) is 16.8. The second-order valence-corrected chi connectivity index (χ2v) is 6.04. The Morgan fingerprint density at radius 1 is 1.53 bits per heavy atom. The quantitative estimate of drug-likeness (QED) is 0.685. The van der Waals surface area contributed by atoms with E-state index in [0.29, 0.717) is 12.5 Å². The van der Waals surface area contributed by atoms with Gasteiger partial charge in [-0.2, -0.15) is 0 Å². The van der Waals surface area contributed by atoms with Gasteiger partial charge in [-0.05, 0) is 18.7 Å². The van der Waals surface area contributed by atoms with Gasteiger partial charge in [0, 0.05) is 32.7 Å². The Kier molecular flexibility index (Phi) is 8.45. The van der Waals surface area contributed by atoms with Crippen LogP contribution >= 0.6 is 11.8 Å². The normalized spacial score (nSPS) is 20.7. The van der Waals surface area contributed by atoms with E-state index in [4.69, 9.17) is 4.74 Å². The predicted molar refractivity (Wildman–Crippen MR) is 80.8 cm³/mol. The van der Waals surface area contributed by atoms with Crippen molar-refractivity contribution in [2.45, 2.75) is 20.0 Å². The topological polar surface area (TPSA) is 53.6 Å². The van der Waals surface area contributed by atoms with Gasteiger partial charge in [0.2, 0.25) is 0 Å². The highest BCUT2D eigenvalue weighted by molar-refractivity contribution is 8.12. The highest BCUT2D eigenvalue weighted by atomic mass is 32.2. The van der Waals surface area contributed by atoms with Crippen LogP contribution < -0.4 is 10.6 Å². The Bertz CT molecular complexity index is 264. The van der Waals surface area contributed by atoms with Crippen molar-refractivity contribution in [3.8, 4) is 0 Å². The molecule has 0 aromatic carbocycles. The van der Waals surface area contributed by atoms with Gasteiger partial charge in [0.05, 0.1) is 12.7 Å². The summed E-state index contributed by atoms with van der Waals surface area (Å²) in [5.74, 6) is 0.694. The van der Waals surface area contributed by atoms with E-state index in [9.17, 15) is 4.79 Å². The molecule has 0 unspecified atom stereocenters. The molecule has 2 N–H and O–H groups in total.